The molecule has 3 saturated heterocycles. The van der Waals surface area contributed by atoms with Crippen LogP contribution in [0.3, 0.4) is 0 Å². The number of amides is 1. The van der Waals surface area contributed by atoms with Crippen molar-refractivity contribution in [2.24, 2.45) is 11.7 Å². The van der Waals surface area contributed by atoms with Gasteiger partial charge in [0.1, 0.15) is 0 Å². The molecule has 1 aromatic carbocycles. The van der Waals surface area contributed by atoms with E-state index < -0.39 is 5.54 Å². The van der Waals surface area contributed by atoms with Gasteiger partial charge in [-0.05, 0) is 56.6 Å². The van der Waals surface area contributed by atoms with E-state index in [1.54, 1.807) is 0 Å². The van der Waals surface area contributed by atoms with Gasteiger partial charge in [0.15, 0.2) is 0 Å². The van der Waals surface area contributed by atoms with Gasteiger partial charge in [-0.2, -0.15) is 0 Å². The van der Waals surface area contributed by atoms with Crippen LogP contribution in [0.25, 0.3) is 0 Å². The molecule has 3 aliphatic heterocycles. The summed E-state index contributed by atoms with van der Waals surface area (Å²) in [6.07, 6.45) is 6.50. The average Bonchev–Trinajstić information content (AvgIpc) is 3.39. The molecule has 0 radical (unpaired) electrons. The summed E-state index contributed by atoms with van der Waals surface area (Å²) in [6, 6.07) is 11.1. The number of nitrogens with two attached hydrogens (primary N) is 1. The van der Waals surface area contributed by atoms with E-state index in [0.717, 1.165) is 51.9 Å². The zero-order valence-electron chi connectivity index (χ0n) is 14.5. The summed E-state index contributed by atoms with van der Waals surface area (Å²) >= 11 is 0. The smallest absolute Gasteiger partial charge is 0.242 e. The molecule has 1 saturated carbocycles. The van der Waals surface area contributed by atoms with Crippen molar-refractivity contribution in [3.8, 4) is 0 Å². The van der Waals surface area contributed by atoms with Crippen molar-refractivity contribution < 1.29 is 4.79 Å². The summed E-state index contributed by atoms with van der Waals surface area (Å²) in [4.78, 5) is 17.4. The lowest BCUT2D eigenvalue weighted by molar-refractivity contribution is -0.137. The van der Waals surface area contributed by atoms with Crippen LogP contribution >= 0.6 is 0 Å². The molecular weight excluding hydrogens is 298 g/mol. The highest BCUT2D eigenvalue weighted by molar-refractivity contribution is 5.89. The monoisotopic (exact) mass is 327 g/mol. The summed E-state index contributed by atoms with van der Waals surface area (Å²) < 4.78 is 0. The molecular formula is C20H29N3O. The highest BCUT2D eigenvalue weighted by Gasteiger charge is 2.51. The normalized spacial score (nSPS) is 28.6. The van der Waals surface area contributed by atoms with E-state index in [2.05, 4.69) is 40.1 Å². The number of aryl methyl sites for hydroxylation is 1. The van der Waals surface area contributed by atoms with Gasteiger partial charge in [-0.3, -0.25) is 4.79 Å². The van der Waals surface area contributed by atoms with Gasteiger partial charge in [0.2, 0.25) is 5.91 Å². The molecule has 3 heterocycles. The predicted molar refractivity (Wildman–Crippen MR) is 95.6 cm³/mol. The first kappa shape index (κ1) is 16.1. The lowest BCUT2D eigenvalue weighted by Gasteiger charge is -2.37. The Morgan fingerprint density at radius 2 is 1.92 bits per heavy atom. The van der Waals surface area contributed by atoms with Crippen LogP contribution in [0.5, 0.6) is 0 Å². The number of carbonyl (C=O) groups excluding carboxylic acids is 1. The number of piperidine rings is 1. The first-order valence-corrected chi connectivity index (χ1v) is 9.50. The topological polar surface area (TPSA) is 49.6 Å². The van der Waals surface area contributed by atoms with Crippen LogP contribution in [0.1, 0.15) is 37.7 Å². The fourth-order valence-corrected chi connectivity index (χ4v) is 4.40. The molecule has 130 valence electrons. The van der Waals surface area contributed by atoms with Gasteiger partial charge in [-0.15, -0.1) is 0 Å². The summed E-state index contributed by atoms with van der Waals surface area (Å²) in [5.41, 5.74) is 7.09. The second-order valence-corrected chi connectivity index (χ2v) is 8.06. The van der Waals surface area contributed by atoms with E-state index in [0.29, 0.717) is 12.0 Å². The summed E-state index contributed by atoms with van der Waals surface area (Å²) in [5.74, 6) is 0.857. The van der Waals surface area contributed by atoms with Gasteiger partial charge in [0.25, 0.3) is 0 Å². The van der Waals surface area contributed by atoms with Crippen molar-refractivity contribution in [2.45, 2.75) is 50.1 Å². The Bertz CT molecular complexity index is 584. The van der Waals surface area contributed by atoms with Crippen LogP contribution in [-0.2, 0) is 11.2 Å². The van der Waals surface area contributed by atoms with Crippen LogP contribution in [-0.4, -0.2) is 53.5 Å². The highest BCUT2D eigenvalue weighted by atomic mass is 16.2. The third-order valence-electron chi connectivity index (χ3n) is 6.05. The molecule has 2 bridgehead atoms. The Balaban J connectivity index is 1.33. The quantitative estimate of drug-likeness (QED) is 0.900. The molecule has 1 aliphatic carbocycles. The molecule has 5 rings (SSSR count). The zero-order chi connectivity index (χ0) is 16.6. The van der Waals surface area contributed by atoms with Crippen LogP contribution in [0.15, 0.2) is 30.3 Å². The maximum Gasteiger partial charge on any atom is 0.242 e. The van der Waals surface area contributed by atoms with Gasteiger partial charge < -0.3 is 15.5 Å². The first-order chi connectivity index (χ1) is 11.6. The van der Waals surface area contributed by atoms with Crippen molar-refractivity contribution in [2.75, 3.05) is 26.2 Å². The van der Waals surface area contributed by atoms with Crippen molar-refractivity contribution >= 4 is 5.91 Å². The van der Waals surface area contributed by atoms with E-state index in [4.69, 9.17) is 5.73 Å². The maximum absolute atomic E-state index is 12.7. The Labute approximate surface area is 145 Å². The second-order valence-electron chi connectivity index (χ2n) is 8.06. The maximum atomic E-state index is 12.7. The van der Waals surface area contributed by atoms with Gasteiger partial charge in [-0.1, -0.05) is 30.3 Å². The van der Waals surface area contributed by atoms with Crippen molar-refractivity contribution in [3.63, 3.8) is 0 Å². The van der Waals surface area contributed by atoms with E-state index in [9.17, 15) is 4.79 Å². The minimum Gasteiger partial charge on any atom is -0.337 e. The Kier molecular flexibility index (Phi) is 4.35. The van der Waals surface area contributed by atoms with Crippen molar-refractivity contribution in [1.29, 1.82) is 0 Å². The molecule has 2 N–H and O–H groups in total. The van der Waals surface area contributed by atoms with Crippen LogP contribution in [0.2, 0.25) is 0 Å². The number of hydrogen-bond acceptors (Lipinski definition) is 3. The Morgan fingerprint density at radius 3 is 2.67 bits per heavy atom. The molecule has 1 amide bonds. The van der Waals surface area contributed by atoms with Crippen LogP contribution in [0.4, 0.5) is 0 Å². The average molecular weight is 327 g/mol. The number of fused-ring (bicyclic) bond motifs is 4. The summed E-state index contributed by atoms with van der Waals surface area (Å²) in [6.45, 7) is 4.25. The van der Waals surface area contributed by atoms with Crippen LogP contribution < -0.4 is 5.73 Å². The Hall–Kier alpha value is -1.39. The minimum absolute atomic E-state index is 0.225. The van der Waals surface area contributed by atoms with E-state index in [1.807, 2.05) is 0 Å². The largest absolute Gasteiger partial charge is 0.337 e. The Morgan fingerprint density at radius 1 is 1.12 bits per heavy atom. The SMILES string of the molecule is NC1(C(=O)N2C[C@H]3CC[C@@H]2CN(CCCc2ccccc2)C3)CC1. The summed E-state index contributed by atoms with van der Waals surface area (Å²) in [7, 11) is 0. The molecule has 4 nitrogen and oxygen atoms in total. The molecule has 2 atom stereocenters. The molecule has 0 spiro atoms. The lowest BCUT2D eigenvalue weighted by Crippen LogP contribution is -2.54. The number of hydrogen-bond donors (Lipinski definition) is 1. The first-order valence-electron chi connectivity index (χ1n) is 9.50. The standard InChI is InChI=1S/C20H29N3O/c21-20(10-11-20)19(24)23-14-17-8-9-18(23)15-22(13-17)12-4-7-16-5-2-1-3-6-16/h1-3,5-6,17-18H,4,7-15,21H2/t17-,18+/m0/s1. The van der Waals surface area contributed by atoms with Gasteiger partial charge in [-0.25, -0.2) is 0 Å². The molecule has 1 aromatic rings. The van der Waals surface area contributed by atoms with Gasteiger partial charge in [0, 0.05) is 25.7 Å². The van der Waals surface area contributed by atoms with E-state index in [-0.39, 0.29) is 5.91 Å². The number of benzene rings is 1. The van der Waals surface area contributed by atoms with E-state index in [1.165, 1.54) is 18.4 Å². The van der Waals surface area contributed by atoms with Crippen LogP contribution in [0, 0.1) is 5.92 Å². The second kappa shape index (κ2) is 6.49. The number of rotatable bonds is 5. The third kappa shape index (κ3) is 3.35. The zero-order valence-corrected chi connectivity index (χ0v) is 14.5. The molecule has 0 unspecified atom stereocenters. The summed E-state index contributed by atoms with van der Waals surface area (Å²) in [5, 5.41) is 0. The van der Waals surface area contributed by atoms with Crippen molar-refractivity contribution in [1.82, 2.24) is 9.80 Å². The van der Waals surface area contributed by atoms with E-state index >= 15 is 0 Å². The molecule has 24 heavy (non-hydrogen) atoms. The highest BCUT2D eigenvalue weighted by Crippen LogP contribution is 2.37. The third-order valence-corrected chi connectivity index (χ3v) is 6.05. The molecule has 0 aromatic heterocycles. The fraction of sp³-hybridized carbons (Fsp3) is 0.650. The molecule has 4 heteroatoms. The van der Waals surface area contributed by atoms with Crippen molar-refractivity contribution in [3.05, 3.63) is 35.9 Å². The lowest BCUT2D eigenvalue weighted by atomic mass is 9.94. The predicted octanol–water partition coefficient (Wildman–Crippen LogP) is 2.03. The number of nitrogens with zero attached hydrogens (tertiary/aromatic N) is 2. The fourth-order valence-electron chi connectivity index (χ4n) is 4.40. The molecule has 4 aliphatic rings. The van der Waals surface area contributed by atoms with Gasteiger partial charge >= 0.3 is 0 Å². The number of carbonyl (C=O) groups is 1. The van der Waals surface area contributed by atoms with Gasteiger partial charge in [0.05, 0.1) is 5.54 Å². The minimum atomic E-state index is -0.511. The molecule has 4 fully saturated rings.